The van der Waals surface area contributed by atoms with Crippen molar-refractivity contribution in [3.8, 4) is 0 Å². The monoisotopic (exact) mass is 340 g/mol. The molecule has 0 saturated heterocycles. The molecule has 0 spiro atoms. The lowest BCUT2D eigenvalue weighted by Gasteiger charge is -2.16. The highest BCUT2D eigenvalue weighted by Crippen LogP contribution is 2.26. The van der Waals surface area contributed by atoms with Gasteiger partial charge < -0.3 is 21.3 Å². The van der Waals surface area contributed by atoms with E-state index in [4.69, 9.17) is 5.73 Å². The van der Waals surface area contributed by atoms with Gasteiger partial charge in [0.1, 0.15) is 11.0 Å². The summed E-state index contributed by atoms with van der Waals surface area (Å²) in [5, 5.41) is 6.55. The van der Waals surface area contributed by atoms with Gasteiger partial charge in [0, 0.05) is 27.2 Å². The minimum absolute atomic E-state index is 0. The highest BCUT2D eigenvalue weighted by molar-refractivity contribution is 5.94. The van der Waals surface area contributed by atoms with Gasteiger partial charge >= 0.3 is 0 Å². The van der Waals surface area contributed by atoms with Crippen LogP contribution < -0.4 is 21.3 Å². The van der Waals surface area contributed by atoms with Gasteiger partial charge in [-0.3, -0.25) is 0 Å². The van der Waals surface area contributed by atoms with Crippen LogP contribution in [0.4, 0.5) is 23.5 Å². The quantitative estimate of drug-likeness (QED) is 0.704. The highest BCUT2D eigenvalue weighted by Gasteiger charge is 2.15. The molecule has 0 unspecified atom stereocenters. The Hall–Kier alpha value is -2.09. The van der Waals surface area contributed by atoms with Crippen LogP contribution in [0.25, 0.3) is 11.0 Å². The van der Waals surface area contributed by atoms with E-state index >= 15 is 0 Å². The SMILES string of the molecule is CCCNc1nc(N(C)C)nc2c(NCCC)nc(N)nc12.Cl. The molecule has 0 fully saturated rings. The van der Waals surface area contributed by atoms with Crippen LogP contribution in [0, 0.1) is 0 Å². The normalized spacial score (nSPS) is 10.3. The van der Waals surface area contributed by atoms with E-state index in [1.807, 2.05) is 19.0 Å². The Kier molecular flexibility index (Phi) is 7.02. The Bertz CT molecular complexity index is 646. The van der Waals surface area contributed by atoms with E-state index in [1.165, 1.54) is 0 Å². The average molecular weight is 341 g/mol. The maximum absolute atomic E-state index is 5.84. The van der Waals surface area contributed by atoms with Crippen LogP contribution in [0.3, 0.4) is 0 Å². The molecule has 128 valence electrons. The molecule has 0 atom stereocenters. The largest absolute Gasteiger partial charge is 0.368 e. The average Bonchev–Trinajstić information content (AvgIpc) is 2.50. The first-order valence-electron chi connectivity index (χ1n) is 7.57. The molecule has 0 radical (unpaired) electrons. The number of nitrogens with one attached hydrogen (secondary N) is 2. The number of aromatic nitrogens is 4. The van der Waals surface area contributed by atoms with E-state index in [2.05, 4.69) is 44.4 Å². The molecular weight excluding hydrogens is 316 g/mol. The summed E-state index contributed by atoms with van der Waals surface area (Å²) < 4.78 is 0. The predicted octanol–water partition coefficient (Wildman–Crippen LogP) is 2.13. The number of anilines is 4. The Morgan fingerprint density at radius 2 is 1.39 bits per heavy atom. The molecule has 2 aromatic heterocycles. The third-order valence-electron chi connectivity index (χ3n) is 3.03. The molecule has 9 heteroatoms. The molecule has 0 aliphatic rings. The summed E-state index contributed by atoms with van der Waals surface area (Å²) in [5.41, 5.74) is 7.16. The molecule has 0 saturated carbocycles. The van der Waals surface area contributed by atoms with Crippen molar-refractivity contribution in [3.05, 3.63) is 0 Å². The van der Waals surface area contributed by atoms with Gasteiger partial charge in [0.25, 0.3) is 0 Å². The zero-order valence-corrected chi connectivity index (χ0v) is 14.9. The summed E-state index contributed by atoms with van der Waals surface area (Å²) >= 11 is 0. The summed E-state index contributed by atoms with van der Waals surface area (Å²) in [6.45, 7) is 5.79. The molecular formula is C14H25ClN8. The topological polar surface area (TPSA) is 105 Å². The van der Waals surface area contributed by atoms with Gasteiger partial charge in [0.05, 0.1) is 0 Å². The Morgan fingerprint density at radius 3 is 1.91 bits per heavy atom. The summed E-state index contributed by atoms with van der Waals surface area (Å²) in [6, 6.07) is 0. The van der Waals surface area contributed by atoms with Crippen LogP contribution in [-0.4, -0.2) is 47.1 Å². The molecule has 0 aliphatic heterocycles. The van der Waals surface area contributed by atoms with Crippen molar-refractivity contribution in [3.63, 3.8) is 0 Å². The van der Waals surface area contributed by atoms with Crippen LogP contribution in [0.15, 0.2) is 0 Å². The van der Waals surface area contributed by atoms with E-state index in [0.29, 0.717) is 28.6 Å². The number of rotatable bonds is 7. The van der Waals surface area contributed by atoms with Gasteiger partial charge in [-0.15, -0.1) is 12.4 Å². The van der Waals surface area contributed by atoms with E-state index in [0.717, 1.165) is 25.9 Å². The molecule has 0 bridgehead atoms. The second-order valence-corrected chi connectivity index (χ2v) is 5.25. The zero-order chi connectivity index (χ0) is 16.1. The number of nitrogen functional groups attached to an aromatic ring is 1. The minimum atomic E-state index is 0. The van der Waals surface area contributed by atoms with Gasteiger partial charge in [-0.25, -0.2) is 9.97 Å². The number of hydrogen-bond acceptors (Lipinski definition) is 8. The number of halogens is 1. The molecule has 2 heterocycles. The van der Waals surface area contributed by atoms with E-state index in [-0.39, 0.29) is 18.4 Å². The number of nitrogens with two attached hydrogens (primary N) is 1. The smallest absolute Gasteiger partial charge is 0.227 e. The lowest BCUT2D eigenvalue weighted by atomic mass is 10.3. The fourth-order valence-corrected chi connectivity index (χ4v) is 1.95. The third-order valence-corrected chi connectivity index (χ3v) is 3.03. The van der Waals surface area contributed by atoms with Crippen LogP contribution in [0.5, 0.6) is 0 Å². The van der Waals surface area contributed by atoms with Gasteiger partial charge in [-0.1, -0.05) is 13.8 Å². The second kappa shape index (κ2) is 8.52. The standard InChI is InChI=1S/C14H24N8.ClH/c1-5-7-16-11-10-9(18-13(15)20-11)12(17-8-6-2)21-14(19-10)22(3)4;/h5-8H2,1-4H3,(H,17,19,21)(H3,15,16,18,20);1H. The van der Waals surface area contributed by atoms with Crippen molar-refractivity contribution in [2.45, 2.75) is 26.7 Å². The lowest BCUT2D eigenvalue weighted by molar-refractivity contribution is 0.950. The molecule has 2 rings (SSSR count). The van der Waals surface area contributed by atoms with Crippen molar-refractivity contribution < 1.29 is 0 Å². The van der Waals surface area contributed by atoms with Gasteiger partial charge in [-0.05, 0) is 12.8 Å². The van der Waals surface area contributed by atoms with Crippen LogP contribution >= 0.6 is 12.4 Å². The van der Waals surface area contributed by atoms with Crippen LogP contribution in [0.1, 0.15) is 26.7 Å². The fraction of sp³-hybridized carbons (Fsp3) is 0.571. The van der Waals surface area contributed by atoms with E-state index in [1.54, 1.807) is 0 Å². The zero-order valence-electron chi connectivity index (χ0n) is 14.1. The van der Waals surface area contributed by atoms with Crippen LogP contribution in [0.2, 0.25) is 0 Å². The van der Waals surface area contributed by atoms with Crippen molar-refractivity contribution in [1.29, 1.82) is 0 Å². The van der Waals surface area contributed by atoms with Crippen LogP contribution in [-0.2, 0) is 0 Å². The molecule has 4 N–H and O–H groups in total. The van der Waals surface area contributed by atoms with Gasteiger partial charge in [-0.2, -0.15) is 9.97 Å². The Labute approximate surface area is 142 Å². The van der Waals surface area contributed by atoms with Crippen molar-refractivity contribution in [1.82, 2.24) is 19.9 Å². The van der Waals surface area contributed by atoms with E-state index < -0.39 is 0 Å². The number of nitrogens with zero attached hydrogens (tertiary/aromatic N) is 5. The second-order valence-electron chi connectivity index (χ2n) is 5.25. The summed E-state index contributed by atoms with van der Waals surface area (Å²) in [6.07, 6.45) is 1.97. The molecule has 2 aromatic rings. The van der Waals surface area contributed by atoms with Crippen molar-refractivity contribution in [2.24, 2.45) is 0 Å². The first-order chi connectivity index (χ1) is 10.6. The number of fused-ring (bicyclic) bond motifs is 1. The Morgan fingerprint density at radius 1 is 0.870 bits per heavy atom. The van der Waals surface area contributed by atoms with Crippen molar-refractivity contribution in [2.75, 3.05) is 48.5 Å². The summed E-state index contributed by atoms with van der Waals surface area (Å²) in [7, 11) is 3.81. The summed E-state index contributed by atoms with van der Waals surface area (Å²) in [4.78, 5) is 19.6. The van der Waals surface area contributed by atoms with Gasteiger partial charge in [0.15, 0.2) is 11.6 Å². The molecule has 0 aromatic carbocycles. The molecule has 23 heavy (non-hydrogen) atoms. The van der Waals surface area contributed by atoms with Crippen molar-refractivity contribution >= 4 is 47.0 Å². The Balaban J connectivity index is 0.00000264. The molecule has 0 aliphatic carbocycles. The fourth-order valence-electron chi connectivity index (χ4n) is 1.95. The third kappa shape index (κ3) is 4.44. The van der Waals surface area contributed by atoms with Gasteiger partial charge in [0.2, 0.25) is 11.9 Å². The predicted molar refractivity (Wildman–Crippen MR) is 98.7 cm³/mol. The first-order valence-corrected chi connectivity index (χ1v) is 7.57. The maximum atomic E-state index is 5.84. The summed E-state index contributed by atoms with van der Waals surface area (Å²) in [5.74, 6) is 2.16. The maximum Gasteiger partial charge on any atom is 0.227 e. The molecule has 0 amide bonds. The number of hydrogen-bond donors (Lipinski definition) is 3. The lowest BCUT2D eigenvalue weighted by Crippen LogP contribution is -2.16. The highest BCUT2D eigenvalue weighted by atomic mass is 35.5. The van der Waals surface area contributed by atoms with E-state index in [9.17, 15) is 0 Å². The first kappa shape index (κ1) is 19.0. The molecule has 8 nitrogen and oxygen atoms in total. The minimum Gasteiger partial charge on any atom is -0.368 e.